The van der Waals surface area contributed by atoms with Gasteiger partial charge in [-0.3, -0.25) is 9.69 Å². The minimum atomic E-state index is -0.901. The summed E-state index contributed by atoms with van der Waals surface area (Å²) >= 11 is 0. The maximum atomic E-state index is 11.6. The summed E-state index contributed by atoms with van der Waals surface area (Å²) < 4.78 is 6.41. The molecule has 3 aromatic rings. The average molecular weight is 558 g/mol. The van der Waals surface area contributed by atoms with Crippen LogP contribution in [-0.4, -0.2) is 40.1 Å². The van der Waals surface area contributed by atoms with E-state index in [1.165, 1.54) is 16.7 Å². The lowest BCUT2D eigenvalue weighted by Crippen LogP contribution is -2.34. The van der Waals surface area contributed by atoms with Crippen molar-refractivity contribution >= 4 is 11.9 Å². The first-order valence-corrected chi connectivity index (χ1v) is 14.7. The molecule has 3 aromatic carbocycles. The zero-order chi connectivity index (χ0) is 29.4. The monoisotopic (exact) mass is 557 g/mol. The van der Waals surface area contributed by atoms with Gasteiger partial charge in [-0.25, -0.2) is 4.79 Å². The van der Waals surface area contributed by atoms with Crippen LogP contribution in [-0.2, 0) is 29.7 Å². The molecule has 0 heterocycles. The molecule has 0 fully saturated rings. The Hall–Kier alpha value is -3.64. The van der Waals surface area contributed by atoms with Gasteiger partial charge in [0.25, 0.3) is 0 Å². The van der Waals surface area contributed by atoms with E-state index in [9.17, 15) is 14.7 Å². The standard InChI is InChI=1S/C35H43NO5/c1-35(2,3)30-14-6-4-12-28(30)24-41-32-16-7-5-11-25(32)20-22-36(21-9-8-17-33(37)38)31-15-10-13-26-23-27(34(39)40)18-19-29(26)31/h4-7,11-12,14,16,18-19,23,31H,8-10,13,15,17,20-22,24H2,1-3H3,(H,37,38)(H,39,40). The molecule has 0 saturated carbocycles. The Morgan fingerprint density at radius 2 is 1.66 bits per heavy atom. The molecule has 6 nitrogen and oxygen atoms in total. The first-order valence-electron chi connectivity index (χ1n) is 14.7. The van der Waals surface area contributed by atoms with Crippen molar-refractivity contribution in [3.63, 3.8) is 0 Å². The molecule has 1 atom stereocenters. The predicted octanol–water partition coefficient (Wildman–Crippen LogP) is 7.44. The number of carboxylic acid groups (broad SMARTS) is 2. The molecule has 0 radical (unpaired) electrons. The highest BCUT2D eigenvalue weighted by Crippen LogP contribution is 2.36. The second-order valence-corrected chi connectivity index (χ2v) is 12.1. The van der Waals surface area contributed by atoms with Crippen molar-refractivity contribution in [2.45, 2.75) is 83.8 Å². The molecule has 4 rings (SSSR count). The number of aryl methyl sites for hydroxylation is 1. The fourth-order valence-corrected chi connectivity index (χ4v) is 5.96. The van der Waals surface area contributed by atoms with E-state index < -0.39 is 11.9 Å². The van der Waals surface area contributed by atoms with Crippen LogP contribution in [0.5, 0.6) is 5.75 Å². The normalized spacial score (nSPS) is 15.0. The van der Waals surface area contributed by atoms with Crippen LogP contribution in [0.1, 0.15) is 97.1 Å². The number of benzene rings is 3. The molecule has 218 valence electrons. The van der Waals surface area contributed by atoms with Crippen molar-refractivity contribution in [2.24, 2.45) is 0 Å². The second kappa shape index (κ2) is 13.8. The third-order valence-corrected chi connectivity index (χ3v) is 8.05. The molecular weight excluding hydrogens is 514 g/mol. The molecule has 0 aromatic heterocycles. The Labute approximate surface area is 244 Å². The lowest BCUT2D eigenvalue weighted by Gasteiger charge is -2.36. The Bertz CT molecular complexity index is 1340. The highest BCUT2D eigenvalue weighted by atomic mass is 16.5. The van der Waals surface area contributed by atoms with Crippen LogP contribution in [0.25, 0.3) is 0 Å². The van der Waals surface area contributed by atoms with Gasteiger partial charge < -0.3 is 14.9 Å². The highest BCUT2D eigenvalue weighted by Gasteiger charge is 2.27. The fraction of sp³-hybridized carbons (Fsp3) is 0.429. The van der Waals surface area contributed by atoms with Gasteiger partial charge in [0, 0.05) is 19.0 Å². The molecule has 0 bridgehead atoms. The topological polar surface area (TPSA) is 87.1 Å². The molecule has 0 aliphatic heterocycles. The van der Waals surface area contributed by atoms with Crippen molar-refractivity contribution in [3.05, 3.63) is 100 Å². The molecule has 0 spiro atoms. The first kappa shape index (κ1) is 30.3. The van der Waals surface area contributed by atoms with E-state index in [4.69, 9.17) is 9.84 Å². The van der Waals surface area contributed by atoms with Gasteiger partial charge in [-0.05, 0) is 96.5 Å². The number of unbranched alkanes of at least 4 members (excludes halogenated alkanes) is 1. The van der Waals surface area contributed by atoms with Gasteiger partial charge in [0.1, 0.15) is 12.4 Å². The number of aliphatic carboxylic acids is 1. The van der Waals surface area contributed by atoms with E-state index in [0.717, 1.165) is 62.1 Å². The summed E-state index contributed by atoms with van der Waals surface area (Å²) in [5, 5.41) is 18.6. The number of nitrogens with zero attached hydrogens (tertiary/aromatic N) is 1. The Morgan fingerprint density at radius 3 is 2.39 bits per heavy atom. The summed E-state index contributed by atoms with van der Waals surface area (Å²) in [4.78, 5) is 25.1. The zero-order valence-electron chi connectivity index (χ0n) is 24.6. The van der Waals surface area contributed by atoms with Crippen LogP contribution in [0.15, 0.2) is 66.7 Å². The smallest absolute Gasteiger partial charge is 0.335 e. The largest absolute Gasteiger partial charge is 0.489 e. The number of ether oxygens (including phenoxy) is 1. The van der Waals surface area contributed by atoms with Gasteiger partial charge in [0.15, 0.2) is 0 Å². The minimum absolute atomic E-state index is 0.0299. The van der Waals surface area contributed by atoms with Crippen LogP contribution in [0.3, 0.4) is 0 Å². The van der Waals surface area contributed by atoms with Crippen molar-refractivity contribution < 1.29 is 24.5 Å². The van der Waals surface area contributed by atoms with Gasteiger partial charge in [-0.2, -0.15) is 0 Å². The molecule has 1 aliphatic carbocycles. The SMILES string of the molecule is CC(C)(C)c1ccccc1COc1ccccc1CCN(CCCCC(=O)O)C1CCCc2cc(C(=O)O)ccc21. The summed E-state index contributed by atoms with van der Waals surface area (Å²) in [6, 6.07) is 22.4. The first-order chi connectivity index (χ1) is 19.6. The van der Waals surface area contributed by atoms with Crippen molar-refractivity contribution in [3.8, 4) is 5.75 Å². The van der Waals surface area contributed by atoms with Crippen molar-refractivity contribution in [2.75, 3.05) is 13.1 Å². The van der Waals surface area contributed by atoms with Gasteiger partial charge in [-0.1, -0.05) is 69.3 Å². The number of hydrogen-bond acceptors (Lipinski definition) is 4. The Morgan fingerprint density at radius 1 is 0.927 bits per heavy atom. The summed E-state index contributed by atoms with van der Waals surface area (Å²) in [6.07, 6.45) is 5.29. The number of para-hydroxylation sites is 1. The molecule has 6 heteroatoms. The van der Waals surface area contributed by atoms with Crippen LogP contribution < -0.4 is 4.74 Å². The van der Waals surface area contributed by atoms with E-state index in [0.29, 0.717) is 18.6 Å². The molecular formula is C35H43NO5. The number of fused-ring (bicyclic) bond motifs is 1. The van der Waals surface area contributed by atoms with E-state index in [1.807, 2.05) is 30.3 Å². The van der Waals surface area contributed by atoms with Gasteiger partial charge in [0.2, 0.25) is 0 Å². The van der Waals surface area contributed by atoms with Gasteiger partial charge >= 0.3 is 11.9 Å². The van der Waals surface area contributed by atoms with Crippen LogP contribution in [0, 0.1) is 0 Å². The average Bonchev–Trinajstić information content (AvgIpc) is 2.95. The molecule has 1 aliphatic rings. The number of rotatable bonds is 13. The lowest BCUT2D eigenvalue weighted by atomic mass is 9.84. The van der Waals surface area contributed by atoms with Crippen molar-refractivity contribution in [1.82, 2.24) is 4.90 Å². The van der Waals surface area contributed by atoms with E-state index in [2.05, 4.69) is 56.0 Å². The maximum absolute atomic E-state index is 11.6. The summed E-state index contributed by atoms with van der Waals surface area (Å²) in [5.41, 5.74) is 6.29. The molecule has 0 saturated heterocycles. The van der Waals surface area contributed by atoms with E-state index in [1.54, 1.807) is 6.07 Å². The third-order valence-electron chi connectivity index (χ3n) is 8.05. The Balaban J connectivity index is 1.51. The molecule has 0 amide bonds. The third kappa shape index (κ3) is 8.20. The highest BCUT2D eigenvalue weighted by molar-refractivity contribution is 5.88. The van der Waals surface area contributed by atoms with E-state index in [-0.39, 0.29) is 17.9 Å². The maximum Gasteiger partial charge on any atom is 0.335 e. The Kier molecular flexibility index (Phi) is 10.2. The number of hydrogen-bond donors (Lipinski definition) is 2. The van der Waals surface area contributed by atoms with Crippen LogP contribution in [0.2, 0.25) is 0 Å². The van der Waals surface area contributed by atoms with Crippen LogP contribution >= 0.6 is 0 Å². The second-order valence-electron chi connectivity index (χ2n) is 12.1. The van der Waals surface area contributed by atoms with Gasteiger partial charge in [0.05, 0.1) is 5.56 Å². The summed E-state index contributed by atoms with van der Waals surface area (Å²) in [7, 11) is 0. The quantitative estimate of drug-likeness (QED) is 0.212. The molecule has 1 unspecified atom stereocenters. The summed E-state index contributed by atoms with van der Waals surface area (Å²) in [6.45, 7) is 8.76. The van der Waals surface area contributed by atoms with Gasteiger partial charge in [-0.15, -0.1) is 0 Å². The van der Waals surface area contributed by atoms with E-state index >= 15 is 0 Å². The number of carbonyl (C=O) groups is 2. The van der Waals surface area contributed by atoms with Crippen LogP contribution in [0.4, 0.5) is 0 Å². The molecule has 41 heavy (non-hydrogen) atoms. The fourth-order valence-electron chi connectivity index (χ4n) is 5.96. The zero-order valence-corrected chi connectivity index (χ0v) is 24.6. The minimum Gasteiger partial charge on any atom is -0.489 e. The lowest BCUT2D eigenvalue weighted by molar-refractivity contribution is -0.137. The molecule has 2 N–H and O–H groups in total. The number of carboxylic acids is 2. The summed E-state index contributed by atoms with van der Waals surface area (Å²) in [5.74, 6) is -0.778. The van der Waals surface area contributed by atoms with Crippen molar-refractivity contribution in [1.29, 1.82) is 0 Å². The predicted molar refractivity (Wildman–Crippen MR) is 162 cm³/mol. The number of aromatic carboxylic acids is 1.